The first-order chi connectivity index (χ1) is 14.0. The van der Waals surface area contributed by atoms with Crippen molar-refractivity contribution in [2.45, 2.75) is 25.4 Å². The highest BCUT2D eigenvalue weighted by molar-refractivity contribution is 14.1. The van der Waals surface area contributed by atoms with E-state index in [-0.39, 0.29) is 37.5 Å². The molecule has 0 aliphatic rings. The predicted molar refractivity (Wildman–Crippen MR) is 118 cm³/mol. The number of hydrogen-bond donors (Lipinski definition) is 1. The van der Waals surface area contributed by atoms with Gasteiger partial charge in [0.25, 0.3) is 0 Å². The summed E-state index contributed by atoms with van der Waals surface area (Å²) in [5.74, 6) is 0.272. The Hall–Kier alpha value is -2.32. The fourth-order valence-corrected chi connectivity index (χ4v) is 3.39. The third-order valence-electron chi connectivity index (χ3n) is 4.49. The van der Waals surface area contributed by atoms with E-state index in [4.69, 9.17) is 4.74 Å². The normalized spacial score (nSPS) is 11.8. The highest BCUT2D eigenvalue weighted by Crippen LogP contribution is 2.20. The molecule has 0 saturated heterocycles. The fraction of sp³-hybridized carbons (Fsp3) is 0.217. The molecule has 1 N–H and O–H groups in total. The van der Waals surface area contributed by atoms with Gasteiger partial charge >= 0.3 is 0 Å². The van der Waals surface area contributed by atoms with E-state index >= 15 is 0 Å². The van der Waals surface area contributed by atoms with Crippen LogP contribution in [0.1, 0.15) is 34.3 Å². The monoisotopic (exact) mass is 505 g/mol. The standard InChI is InChI=1S/C23H21FINO3/c24-22-13-18(25)7-6-16(22)12-17-14-26-11-10-21(17)23(28)9-8-19(27)15-29-20-4-2-1-3-5-20/h1-7,10-11,13-14,19,27H,8-9,12,15H2. The van der Waals surface area contributed by atoms with Crippen LogP contribution in [-0.4, -0.2) is 28.6 Å². The molecule has 1 unspecified atom stereocenters. The lowest BCUT2D eigenvalue weighted by Crippen LogP contribution is -2.19. The van der Waals surface area contributed by atoms with Gasteiger partial charge in [0.05, 0.1) is 6.10 Å². The van der Waals surface area contributed by atoms with Crippen LogP contribution in [0.3, 0.4) is 0 Å². The number of carbonyl (C=O) groups is 1. The summed E-state index contributed by atoms with van der Waals surface area (Å²) >= 11 is 2.06. The Morgan fingerprint density at radius 3 is 2.69 bits per heavy atom. The minimum atomic E-state index is -0.752. The summed E-state index contributed by atoms with van der Waals surface area (Å²) in [6.07, 6.45) is 3.14. The Balaban J connectivity index is 1.59. The lowest BCUT2D eigenvalue weighted by atomic mass is 9.96. The summed E-state index contributed by atoms with van der Waals surface area (Å²) in [6.45, 7) is 0.119. The molecule has 1 atom stereocenters. The molecule has 29 heavy (non-hydrogen) atoms. The van der Waals surface area contributed by atoms with Crippen molar-refractivity contribution < 1.29 is 19.0 Å². The second kappa shape index (κ2) is 10.5. The molecule has 3 aromatic rings. The van der Waals surface area contributed by atoms with Crippen molar-refractivity contribution in [3.63, 3.8) is 0 Å². The van der Waals surface area contributed by atoms with Crippen molar-refractivity contribution >= 4 is 28.4 Å². The van der Waals surface area contributed by atoms with Gasteiger partial charge in [-0.3, -0.25) is 9.78 Å². The zero-order valence-corrected chi connectivity index (χ0v) is 17.9. The summed E-state index contributed by atoms with van der Waals surface area (Å²) in [5.41, 5.74) is 1.70. The third-order valence-corrected chi connectivity index (χ3v) is 5.16. The quantitative estimate of drug-likeness (QED) is 0.335. The first-order valence-electron chi connectivity index (χ1n) is 9.29. The highest BCUT2D eigenvalue weighted by Gasteiger charge is 2.16. The molecular formula is C23H21FINO3. The number of nitrogens with zero attached hydrogens (tertiary/aromatic N) is 1. The number of aliphatic hydroxyl groups is 1. The van der Waals surface area contributed by atoms with Gasteiger partial charge in [0.1, 0.15) is 18.2 Å². The zero-order chi connectivity index (χ0) is 20.6. The largest absolute Gasteiger partial charge is 0.491 e. The fourth-order valence-electron chi connectivity index (χ4n) is 2.94. The maximum atomic E-state index is 14.2. The summed E-state index contributed by atoms with van der Waals surface area (Å²) in [5, 5.41) is 10.1. The van der Waals surface area contributed by atoms with Crippen molar-refractivity contribution in [3.05, 3.63) is 93.1 Å². The van der Waals surface area contributed by atoms with Gasteiger partial charge < -0.3 is 9.84 Å². The number of Topliss-reactive ketones (excluding diaryl/α,β-unsaturated/α-hetero) is 1. The van der Waals surface area contributed by atoms with Crippen molar-refractivity contribution in [2.75, 3.05) is 6.61 Å². The average Bonchev–Trinajstić information content (AvgIpc) is 2.73. The molecule has 1 aromatic heterocycles. The molecule has 2 aromatic carbocycles. The van der Waals surface area contributed by atoms with Crippen LogP contribution in [0.15, 0.2) is 67.0 Å². The number of carbonyl (C=O) groups excluding carboxylic acids is 1. The summed E-state index contributed by atoms with van der Waals surface area (Å²) in [6, 6.07) is 15.9. The van der Waals surface area contributed by atoms with E-state index in [1.807, 2.05) is 36.4 Å². The van der Waals surface area contributed by atoms with E-state index in [1.165, 1.54) is 6.07 Å². The first-order valence-corrected chi connectivity index (χ1v) is 10.4. The molecule has 0 spiro atoms. The molecule has 0 fully saturated rings. The van der Waals surface area contributed by atoms with Gasteiger partial charge in [0, 0.05) is 34.4 Å². The summed E-state index contributed by atoms with van der Waals surface area (Å²) < 4.78 is 20.5. The Bertz CT molecular complexity index is 965. The van der Waals surface area contributed by atoms with Crippen LogP contribution in [0, 0.1) is 9.39 Å². The highest BCUT2D eigenvalue weighted by atomic mass is 127. The molecule has 6 heteroatoms. The Labute approximate surface area is 182 Å². The molecule has 4 nitrogen and oxygen atoms in total. The van der Waals surface area contributed by atoms with Crippen LogP contribution in [0.25, 0.3) is 0 Å². The van der Waals surface area contributed by atoms with Crippen molar-refractivity contribution in [2.24, 2.45) is 0 Å². The van der Waals surface area contributed by atoms with Crippen molar-refractivity contribution in [1.82, 2.24) is 4.98 Å². The molecule has 0 aliphatic carbocycles. The van der Waals surface area contributed by atoms with Gasteiger partial charge in [-0.15, -0.1) is 0 Å². The maximum absolute atomic E-state index is 14.2. The second-order valence-corrected chi connectivity index (χ2v) is 7.93. The molecule has 0 radical (unpaired) electrons. The zero-order valence-electron chi connectivity index (χ0n) is 15.7. The van der Waals surface area contributed by atoms with E-state index in [0.717, 1.165) is 3.57 Å². The number of para-hydroxylation sites is 1. The minimum absolute atomic E-state index is 0.105. The number of halogens is 2. The van der Waals surface area contributed by atoms with Crippen LogP contribution in [0.2, 0.25) is 0 Å². The third kappa shape index (κ3) is 6.33. The first kappa shape index (κ1) is 21.4. The van der Waals surface area contributed by atoms with E-state index in [1.54, 1.807) is 24.5 Å². The number of aliphatic hydroxyl groups excluding tert-OH is 1. The van der Waals surface area contributed by atoms with Crippen molar-refractivity contribution in [3.8, 4) is 5.75 Å². The number of ether oxygens (including phenoxy) is 1. The van der Waals surface area contributed by atoms with E-state index in [2.05, 4.69) is 27.6 Å². The number of benzene rings is 2. The summed E-state index contributed by atoms with van der Waals surface area (Å²) in [4.78, 5) is 16.8. The van der Waals surface area contributed by atoms with Crippen LogP contribution in [0.4, 0.5) is 4.39 Å². The molecule has 0 aliphatic heterocycles. The number of ketones is 1. The van der Waals surface area contributed by atoms with Crippen LogP contribution >= 0.6 is 22.6 Å². The minimum Gasteiger partial charge on any atom is -0.491 e. The van der Waals surface area contributed by atoms with Gasteiger partial charge in [0.2, 0.25) is 0 Å². The van der Waals surface area contributed by atoms with Gasteiger partial charge in [0.15, 0.2) is 5.78 Å². The topological polar surface area (TPSA) is 59.4 Å². The van der Waals surface area contributed by atoms with Gasteiger partial charge in [-0.05, 0) is 70.5 Å². The number of aromatic nitrogens is 1. The lowest BCUT2D eigenvalue weighted by molar-refractivity contribution is 0.0838. The Kier molecular flexibility index (Phi) is 7.71. The van der Waals surface area contributed by atoms with Crippen molar-refractivity contribution in [1.29, 1.82) is 0 Å². The predicted octanol–water partition coefficient (Wildman–Crippen LogP) is 4.82. The van der Waals surface area contributed by atoms with Crippen LogP contribution < -0.4 is 4.74 Å². The van der Waals surface area contributed by atoms with E-state index < -0.39 is 6.10 Å². The number of pyridine rings is 1. The summed E-state index contributed by atoms with van der Waals surface area (Å²) in [7, 11) is 0. The smallest absolute Gasteiger partial charge is 0.163 e. The average molecular weight is 505 g/mol. The number of hydrogen-bond acceptors (Lipinski definition) is 4. The van der Waals surface area contributed by atoms with E-state index in [9.17, 15) is 14.3 Å². The van der Waals surface area contributed by atoms with Crippen LogP contribution in [-0.2, 0) is 6.42 Å². The molecule has 0 saturated carbocycles. The maximum Gasteiger partial charge on any atom is 0.163 e. The molecule has 150 valence electrons. The molecule has 3 rings (SSSR count). The Morgan fingerprint density at radius 2 is 1.93 bits per heavy atom. The Morgan fingerprint density at radius 1 is 1.14 bits per heavy atom. The SMILES string of the molecule is O=C(CCC(O)COc1ccccc1)c1ccncc1Cc1ccc(I)cc1F. The van der Waals surface area contributed by atoms with E-state index in [0.29, 0.717) is 22.4 Å². The molecule has 0 amide bonds. The van der Waals surface area contributed by atoms with Gasteiger partial charge in [-0.2, -0.15) is 0 Å². The van der Waals surface area contributed by atoms with Gasteiger partial charge in [-0.25, -0.2) is 4.39 Å². The lowest BCUT2D eigenvalue weighted by Gasteiger charge is -2.13. The molecule has 1 heterocycles. The molecule has 0 bridgehead atoms. The number of rotatable bonds is 9. The van der Waals surface area contributed by atoms with Crippen LogP contribution in [0.5, 0.6) is 5.75 Å². The second-order valence-electron chi connectivity index (χ2n) is 6.69. The molecular weight excluding hydrogens is 484 g/mol. The van der Waals surface area contributed by atoms with Gasteiger partial charge in [-0.1, -0.05) is 24.3 Å².